The van der Waals surface area contributed by atoms with Gasteiger partial charge in [-0.15, -0.1) is 0 Å². The zero-order chi connectivity index (χ0) is 20.8. The maximum absolute atomic E-state index is 5.51. The second-order valence-corrected chi connectivity index (χ2v) is 6.96. The summed E-state index contributed by atoms with van der Waals surface area (Å²) in [6.07, 6.45) is 0. The van der Waals surface area contributed by atoms with E-state index >= 15 is 0 Å². The van der Waals surface area contributed by atoms with Crippen LogP contribution in [0.15, 0.2) is 94.8 Å². The smallest absolute Gasteiger partial charge is 0.119 e. The number of hydrogen-bond acceptors (Lipinski definition) is 5. The van der Waals surface area contributed by atoms with Gasteiger partial charge in [-0.3, -0.25) is 0 Å². The van der Waals surface area contributed by atoms with Gasteiger partial charge in [0.25, 0.3) is 0 Å². The largest absolute Gasteiger partial charge is 0.497 e. The van der Waals surface area contributed by atoms with Gasteiger partial charge in [0.2, 0.25) is 0 Å². The normalized spacial score (nSPS) is 16.0. The molecule has 0 fully saturated rings. The Kier molecular flexibility index (Phi) is 6.09. The predicted octanol–water partition coefficient (Wildman–Crippen LogP) is 5.93. The zero-order valence-electron chi connectivity index (χ0n) is 17.2. The molecule has 4 rings (SSSR count). The van der Waals surface area contributed by atoms with Crippen molar-refractivity contribution in [3.63, 3.8) is 0 Å². The Morgan fingerprint density at radius 1 is 0.867 bits per heavy atom. The van der Waals surface area contributed by atoms with Crippen LogP contribution in [0.1, 0.15) is 24.0 Å². The van der Waals surface area contributed by atoms with Gasteiger partial charge >= 0.3 is 0 Å². The van der Waals surface area contributed by atoms with E-state index in [1.54, 1.807) is 7.11 Å². The van der Waals surface area contributed by atoms with E-state index in [1.807, 2.05) is 61.5 Å². The first-order valence-electron chi connectivity index (χ1n) is 10.1. The highest BCUT2D eigenvalue weighted by Gasteiger charge is 2.28. The molecule has 0 saturated heterocycles. The van der Waals surface area contributed by atoms with Crippen molar-refractivity contribution < 1.29 is 9.47 Å². The topological polar surface area (TPSA) is 55.2 Å². The van der Waals surface area contributed by atoms with Crippen LogP contribution in [0.4, 0.5) is 5.69 Å². The third-order valence-electron chi connectivity index (χ3n) is 5.07. The highest BCUT2D eigenvalue weighted by Crippen LogP contribution is 2.37. The molecule has 0 amide bonds. The SMILES string of the molecule is CCOc1ccc(N=NC2=C(c3ccc(OC)cc3)NCC2c2ccccc2)cc1. The predicted molar refractivity (Wildman–Crippen MR) is 119 cm³/mol. The Hall–Kier alpha value is -3.60. The first-order valence-corrected chi connectivity index (χ1v) is 10.1. The van der Waals surface area contributed by atoms with Gasteiger partial charge in [0.05, 0.1) is 30.8 Å². The van der Waals surface area contributed by atoms with E-state index in [0.717, 1.165) is 40.7 Å². The minimum absolute atomic E-state index is 0.134. The number of azo groups is 1. The molecule has 1 heterocycles. The van der Waals surface area contributed by atoms with Gasteiger partial charge in [0.15, 0.2) is 0 Å². The number of ether oxygens (including phenoxy) is 2. The summed E-state index contributed by atoms with van der Waals surface area (Å²) in [5, 5.41) is 12.8. The number of rotatable bonds is 7. The van der Waals surface area contributed by atoms with Gasteiger partial charge in [-0.1, -0.05) is 30.3 Å². The van der Waals surface area contributed by atoms with E-state index in [-0.39, 0.29) is 5.92 Å². The Morgan fingerprint density at radius 3 is 2.23 bits per heavy atom. The summed E-state index contributed by atoms with van der Waals surface area (Å²) in [6.45, 7) is 3.39. The summed E-state index contributed by atoms with van der Waals surface area (Å²) >= 11 is 0. The Balaban J connectivity index is 1.69. The molecular formula is C25H25N3O2. The van der Waals surface area contributed by atoms with E-state index < -0.39 is 0 Å². The van der Waals surface area contributed by atoms with Crippen LogP contribution in [0.25, 0.3) is 5.70 Å². The molecule has 1 unspecified atom stereocenters. The fourth-order valence-corrected chi connectivity index (χ4v) is 3.54. The first kappa shape index (κ1) is 19.7. The van der Waals surface area contributed by atoms with Crippen molar-refractivity contribution in [1.29, 1.82) is 0 Å². The average molecular weight is 399 g/mol. The monoisotopic (exact) mass is 399 g/mol. The minimum Gasteiger partial charge on any atom is -0.497 e. The summed E-state index contributed by atoms with van der Waals surface area (Å²) in [7, 11) is 1.67. The number of benzene rings is 3. The van der Waals surface area contributed by atoms with Gasteiger partial charge in [-0.2, -0.15) is 10.2 Å². The molecule has 3 aromatic rings. The van der Waals surface area contributed by atoms with Crippen LogP contribution in [0, 0.1) is 0 Å². The lowest BCUT2D eigenvalue weighted by atomic mass is 9.96. The van der Waals surface area contributed by atoms with E-state index in [4.69, 9.17) is 14.6 Å². The minimum atomic E-state index is 0.134. The van der Waals surface area contributed by atoms with Crippen molar-refractivity contribution in [2.24, 2.45) is 10.2 Å². The summed E-state index contributed by atoms with van der Waals surface area (Å²) in [5.74, 6) is 1.79. The van der Waals surface area contributed by atoms with Crippen LogP contribution in [-0.2, 0) is 0 Å². The molecule has 0 spiro atoms. The molecule has 5 nitrogen and oxygen atoms in total. The van der Waals surface area contributed by atoms with Crippen molar-refractivity contribution in [3.05, 3.63) is 95.7 Å². The third kappa shape index (κ3) is 4.35. The van der Waals surface area contributed by atoms with Crippen LogP contribution >= 0.6 is 0 Å². The first-order chi connectivity index (χ1) is 14.8. The second-order valence-electron chi connectivity index (χ2n) is 6.96. The van der Waals surface area contributed by atoms with Crippen molar-refractivity contribution >= 4 is 11.4 Å². The highest BCUT2D eigenvalue weighted by molar-refractivity contribution is 5.71. The number of nitrogens with one attached hydrogen (secondary N) is 1. The molecule has 1 atom stereocenters. The molecule has 1 aliphatic rings. The van der Waals surface area contributed by atoms with Crippen molar-refractivity contribution in [3.8, 4) is 11.5 Å². The van der Waals surface area contributed by atoms with Crippen LogP contribution in [0.5, 0.6) is 11.5 Å². The molecule has 0 aromatic heterocycles. The van der Waals surface area contributed by atoms with Crippen molar-refractivity contribution in [2.75, 3.05) is 20.3 Å². The van der Waals surface area contributed by atoms with Gasteiger partial charge in [-0.25, -0.2) is 0 Å². The molecule has 0 bridgehead atoms. The second kappa shape index (κ2) is 9.27. The summed E-state index contributed by atoms with van der Waals surface area (Å²) in [5.41, 5.74) is 5.00. The molecule has 1 N–H and O–H groups in total. The van der Waals surface area contributed by atoms with Crippen LogP contribution in [0.3, 0.4) is 0 Å². The summed E-state index contributed by atoms with van der Waals surface area (Å²) < 4.78 is 10.8. The fraction of sp³-hybridized carbons (Fsp3) is 0.200. The van der Waals surface area contributed by atoms with Gasteiger partial charge < -0.3 is 14.8 Å². The van der Waals surface area contributed by atoms with Crippen LogP contribution in [0.2, 0.25) is 0 Å². The molecule has 0 radical (unpaired) electrons. The van der Waals surface area contributed by atoms with Crippen LogP contribution in [-0.4, -0.2) is 20.3 Å². The van der Waals surface area contributed by atoms with E-state index in [1.165, 1.54) is 5.56 Å². The molecule has 152 valence electrons. The van der Waals surface area contributed by atoms with Gasteiger partial charge in [0, 0.05) is 12.5 Å². The Bertz CT molecular complexity index is 1030. The number of hydrogen-bond donors (Lipinski definition) is 1. The zero-order valence-corrected chi connectivity index (χ0v) is 17.2. The average Bonchev–Trinajstić information content (AvgIpc) is 3.23. The summed E-state index contributed by atoms with van der Waals surface area (Å²) in [4.78, 5) is 0. The lowest BCUT2D eigenvalue weighted by Gasteiger charge is -2.10. The number of methoxy groups -OCH3 is 1. The van der Waals surface area contributed by atoms with E-state index in [9.17, 15) is 0 Å². The van der Waals surface area contributed by atoms with E-state index in [2.05, 4.69) is 34.7 Å². The third-order valence-corrected chi connectivity index (χ3v) is 5.07. The molecule has 0 saturated carbocycles. The molecule has 0 aliphatic carbocycles. The van der Waals surface area contributed by atoms with E-state index in [0.29, 0.717) is 6.61 Å². The van der Waals surface area contributed by atoms with Crippen molar-refractivity contribution in [2.45, 2.75) is 12.8 Å². The standard InChI is InChI=1S/C25H25N3O2/c1-3-30-22-15-11-20(12-16-22)27-28-25-23(18-7-5-4-6-8-18)17-26-24(25)19-9-13-21(29-2)14-10-19/h4-16,23,26H,3,17H2,1-2H3. The van der Waals surface area contributed by atoms with Crippen molar-refractivity contribution in [1.82, 2.24) is 5.32 Å². The Labute approximate surface area is 177 Å². The Morgan fingerprint density at radius 2 is 1.57 bits per heavy atom. The quantitative estimate of drug-likeness (QED) is 0.501. The number of nitrogens with zero attached hydrogens (tertiary/aromatic N) is 2. The molecular weight excluding hydrogens is 374 g/mol. The molecule has 1 aliphatic heterocycles. The molecule has 3 aromatic carbocycles. The van der Waals surface area contributed by atoms with Crippen LogP contribution < -0.4 is 14.8 Å². The lowest BCUT2D eigenvalue weighted by molar-refractivity contribution is 0.340. The molecule has 5 heteroatoms. The fourth-order valence-electron chi connectivity index (χ4n) is 3.54. The van der Waals surface area contributed by atoms with Gasteiger partial charge in [-0.05, 0) is 66.6 Å². The van der Waals surface area contributed by atoms with Gasteiger partial charge in [0.1, 0.15) is 11.5 Å². The maximum atomic E-state index is 5.51. The maximum Gasteiger partial charge on any atom is 0.119 e. The summed E-state index contributed by atoms with van der Waals surface area (Å²) in [6, 6.07) is 26.1. The lowest BCUT2D eigenvalue weighted by Crippen LogP contribution is -2.10. The highest BCUT2D eigenvalue weighted by atomic mass is 16.5. The molecule has 30 heavy (non-hydrogen) atoms.